The summed E-state index contributed by atoms with van der Waals surface area (Å²) < 4.78 is 23.6. The quantitative estimate of drug-likeness (QED) is 0.902. The highest BCUT2D eigenvalue weighted by atomic mass is 19.1. The monoisotopic (exact) mass is 264 g/mol. The molecule has 3 rings (SSSR count). The number of phenols is 1. The highest BCUT2D eigenvalue weighted by Gasteiger charge is 2.22. The van der Waals surface area contributed by atoms with E-state index in [0.717, 1.165) is 19.4 Å². The van der Waals surface area contributed by atoms with Crippen molar-refractivity contribution in [3.63, 3.8) is 0 Å². The van der Waals surface area contributed by atoms with Crippen molar-refractivity contribution in [2.45, 2.75) is 18.8 Å². The minimum Gasteiger partial charge on any atom is -0.507 e. The van der Waals surface area contributed by atoms with Crippen molar-refractivity contribution in [2.24, 2.45) is 0 Å². The molecule has 0 spiro atoms. The highest BCUT2D eigenvalue weighted by Crippen LogP contribution is 2.30. The number of aromatic nitrogens is 2. The third-order valence-electron chi connectivity index (χ3n) is 3.16. The molecule has 1 N–H and O–H groups in total. The summed E-state index contributed by atoms with van der Waals surface area (Å²) >= 11 is 0. The standard InChI is InChI=1S/C13H13FN2O3/c14-9-3-4-11(17)10(6-9)13-15-12(16-19-13)8-2-1-5-18-7-8/h3-4,6,8,17H,1-2,5,7H2. The fourth-order valence-corrected chi connectivity index (χ4v) is 2.13. The van der Waals surface area contributed by atoms with Crippen molar-refractivity contribution in [3.05, 3.63) is 29.8 Å². The minimum atomic E-state index is -0.464. The number of aromatic hydroxyl groups is 1. The molecule has 1 unspecified atom stereocenters. The number of halogens is 1. The molecule has 2 heterocycles. The molecule has 1 aromatic carbocycles. The summed E-state index contributed by atoms with van der Waals surface area (Å²) in [5, 5.41) is 13.6. The zero-order valence-electron chi connectivity index (χ0n) is 10.2. The first-order valence-electron chi connectivity index (χ1n) is 6.14. The summed E-state index contributed by atoms with van der Waals surface area (Å²) in [6.45, 7) is 1.32. The third kappa shape index (κ3) is 2.44. The van der Waals surface area contributed by atoms with Crippen LogP contribution in [0.1, 0.15) is 24.6 Å². The molecule has 2 aromatic rings. The van der Waals surface area contributed by atoms with Crippen LogP contribution in [0.15, 0.2) is 22.7 Å². The number of ether oxygens (including phenoxy) is 1. The lowest BCUT2D eigenvalue weighted by Crippen LogP contribution is -2.16. The summed E-state index contributed by atoms with van der Waals surface area (Å²) in [7, 11) is 0. The van der Waals surface area contributed by atoms with E-state index in [1.54, 1.807) is 0 Å². The molecule has 6 heteroatoms. The van der Waals surface area contributed by atoms with Gasteiger partial charge in [0.1, 0.15) is 11.6 Å². The summed E-state index contributed by atoms with van der Waals surface area (Å²) in [6, 6.07) is 3.60. The van der Waals surface area contributed by atoms with Crippen molar-refractivity contribution in [1.29, 1.82) is 0 Å². The fraction of sp³-hybridized carbons (Fsp3) is 0.385. The zero-order chi connectivity index (χ0) is 13.2. The van der Waals surface area contributed by atoms with Gasteiger partial charge in [-0.2, -0.15) is 4.98 Å². The molecule has 1 atom stereocenters. The number of benzene rings is 1. The lowest BCUT2D eigenvalue weighted by molar-refractivity contribution is 0.0773. The number of nitrogens with zero attached hydrogens (tertiary/aromatic N) is 2. The molecule has 100 valence electrons. The van der Waals surface area contributed by atoms with Crippen LogP contribution < -0.4 is 0 Å². The van der Waals surface area contributed by atoms with Crippen molar-refractivity contribution >= 4 is 0 Å². The van der Waals surface area contributed by atoms with E-state index < -0.39 is 5.82 Å². The molecule has 0 radical (unpaired) electrons. The van der Waals surface area contributed by atoms with Gasteiger partial charge in [0.05, 0.1) is 12.2 Å². The Morgan fingerprint density at radius 1 is 1.37 bits per heavy atom. The second-order valence-electron chi connectivity index (χ2n) is 4.53. The second kappa shape index (κ2) is 4.97. The van der Waals surface area contributed by atoms with Crippen molar-refractivity contribution < 1.29 is 18.8 Å². The summed E-state index contributed by atoms with van der Waals surface area (Å²) in [4.78, 5) is 4.22. The van der Waals surface area contributed by atoms with E-state index in [2.05, 4.69) is 10.1 Å². The molecule has 19 heavy (non-hydrogen) atoms. The number of hydrogen-bond acceptors (Lipinski definition) is 5. The molecule has 5 nitrogen and oxygen atoms in total. The van der Waals surface area contributed by atoms with Crippen LogP contribution in [0.2, 0.25) is 0 Å². The molecule has 1 aliphatic heterocycles. The number of phenolic OH excluding ortho intramolecular Hbond substituents is 1. The Kier molecular flexibility index (Phi) is 3.16. The van der Waals surface area contributed by atoms with E-state index in [4.69, 9.17) is 9.26 Å². The Morgan fingerprint density at radius 2 is 2.26 bits per heavy atom. The molecule has 1 saturated heterocycles. The molecule has 0 bridgehead atoms. The van der Waals surface area contributed by atoms with Crippen LogP contribution in [0, 0.1) is 5.82 Å². The van der Waals surface area contributed by atoms with Gasteiger partial charge in [0, 0.05) is 12.5 Å². The predicted molar refractivity (Wildman–Crippen MR) is 64.2 cm³/mol. The average molecular weight is 264 g/mol. The van der Waals surface area contributed by atoms with E-state index in [0.29, 0.717) is 12.4 Å². The van der Waals surface area contributed by atoms with Crippen LogP contribution in [-0.4, -0.2) is 28.5 Å². The first-order valence-corrected chi connectivity index (χ1v) is 6.14. The van der Waals surface area contributed by atoms with Gasteiger partial charge in [-0.05, 0) is 31.0 Å². The van der Waals surface area contributed by atoms with Crippen LogP contribution in [0.3, 0.4) is 0 Å². The van der Waals surface area contributed by atoms with Gasteiger partial charge < -0.3 is 14.4 Å². The Hall–Kier alpha value is -1.95. The lowest BCUT2D eigenvalue weighted by Gasteiger charge is -2.18. The molecular weight excluding hydrogens is 251 g/mol. The zero-order valence-corrected chi connectivity index (χ0v) is 10.2. The van der Waals surface area contributed by atoms with Crippen LogP contribution in [0.4, 0.5) is 4.39 Å². The molecular formula is C13H13FN2O3. The Bertz CT molecular complexity index is 579. The summed E-state index contributed by atoms with van der Waals surface area (Å²) in [5.74, 6) is 0.211. The largest absolute Gasteiger partial charge is 0.507 e. The van der Waals surface area contributed by atoms with Gasteiger partial charge in [0.2, 0.25) is 0 Å². The van der Waals surface area contributed by atoms with Gasteiger partial charge >= 0.3 is 0 Å². The highest BCUT2D eigenvalue weighted by molar-refractivity contribution is 5.61. The van der Waals surface area contributed by atoms with Crippen molar-refractivity contribution in [1.82, 2.24) is 10.1 Å². The van der Waals surface area contributed by atoms with E-state index in [9.17, 15) is 9.50 Å². The smallest absolute Gasteiger partial charge is 0.261 e. The molecule has 0 saturated carbocycles. The van der Waals surface area contributed by atoms with Crippen LogP contribution in [0.25, 0.3) is 11.5 Å². The van der Waals surface area contributed by atoms with Crippen LogP contribution >= 0.6 is 0 Å². The molecule has 1 aromatic heterocycles. The maximum absolute atomic E-state index is 13.2. The minimum absolute atomic E-state index is 0.0866. The normalized spacial score (nSPS) is 19.5. The number of hydrogen-bond donors (Lipinski definition) is 1. The van der Waals surface area contributed by atoms with Gasteiger partial charge in [-0.1, -0.05) is 5.16 Å². The third-order valence-corrected chi connectivity index (χ3v) is 3.16. The molecule has 1 aliphatic rings. The van der Waals surface area contributed by atoms with E-state index in [1.165, 1.54) is 18.2 Å². The summed E-state index contributed by atoms with van der Waals surface area (Å²) in [5.41, 5.74) is 0.204. The predicted octanol–water partition coefficient (Wildman–Crippen LogP) is 2.48. The van der Waals surface area contributed by atoms with Gasteiger partial charge in [-0.15, -0.1) is 0 Å². The van der Waals surface area contributed by atoms with E-state index in [1.807, 2.05) is 0 Å². The van der Waals surface area contributed by atoms with Crippen LogP contribution in [0.5, 0.6) is 5.75 Å². The van der Waals surface area contributed by atoms with E-state index >= 15 is 0 Å². The van der Waals surface area contributed by atoms with E-state index in [-0.39, 0.29) is 23.1 Å². The van der Waals surface area contributed by atoms with Gasteiger partial charge in [0.15, 0.2) is 5.82 Å². The Morgan fingerprint density at radius 3 is 3.05 bits per heavy atom. The van der Waals surface area contributed by atoms with Gasteiger partial charge in [-0.25, -0.2) is 4.39 Å². The van der Waals surface area contributed by atoms with Gasteiger partial charge in [0.25, 0.3) is 5.89 Å². The maximum Gasteiger partial charge on any atom is 0.261 e. The first-order chi connectivity index (χ1) is 9.24. The SMILES string of the molecule is Oc1ccc(F)cc1-c1nc(C2CCCOC2)no1. The Labute approximate surface area is 109 Å². The maximum atomic E-state index is 13.2. The van der Waals surface area contributed by atoms with Crippen LogP contribution in [-0.2, 0) is 4.74 Å². The first kappa shape index (κ1) is 12.1. The van der Waals surface area contributed by atoms with Crippen molar-refractivity contribution in [3.8, 4) is 17.2 Å². The fourth-order valence-electron chi connectivity index (χ4n) is 2.13. The molecule has 1 fully saturated rings. The van der Waals surface area contributed by atoms with Gasteiger partial charge in [-0.3, -0.25) is 0 Å². The molecule has 0 amide bonds. The van der Waals surface area contributed by atoms with Crippen molar-refractivity contribution in [2.75, 3.05) is 13.2 Å². The Balaban J connectivity index is 1.89. The number of rotatable bonds is 2. The average Bonchev–Trinajstić information content (AvgIpc) is 2.92. The summed E-state index contributed by atoms with van der Waals surface area (Å²) in [6.07, 6.45) is 1.90. The lowest BCUT2D eigenvalue weighted by atomic mass is 10.0. The second-order valence-corrected chi connectivity index (χ2v) is 4.53. The molecule has 0 aliphatic carbocycles. The topological polar surface area (TPSA) is 68.4 Å².